The summed E-state index contributed by atoms with van der Waals surface area (Å²) in [5, 5.41) is 0. The van der Waals surface area contributed by atoms with Crippen LogP contribution in [0.15, 0.2) is 0 Å². The van der Waals surface area contributed by atoms with E-state index < -0.39 is 0 Å². The molecular weight excluding hydrogens is 247 g/mol. The van der Waals surface area contributed by atoms with Crippen LogP contribution in [0, 0.1) is 96.4 Å². The van der Waals surface area contributed by atoms with Gasteiger partial charge in [-0.3, -0.25) is 0 Å². The van der Waals surface area contributed by atoms with Crippen LogP contribution in [0.2, 0.25) is 0 Å². The average Bonchev–Trinajstić information content (AvgIpc) is 1.70. The van der Waals surface area contributed by atoms with Gasteiger partial charge >= 0.3 is 0 Å². The van der Waals surface area contributed by atoms with Crippen LogP contribution in [0.4, 0.5) is 0 Å². The Morgan fingerprint density at radius 3 is 0.500 bits per heavy atom. The third-order valence-corrected chi connectivity index (χ3v) is 0. The molecule has 0 atom stereocenters. The third-order valence-electron chi connectivity index (χ3n) is 0. The van der Waals surface area contributed by atoms with E-state index >= 15 is 0 Å². The molecule has 0 nitrogen and oxygen atoms in total. The van der Waals surface area contributed by atoms with Gasteiger partial charge in [-0.25, -0.2) is 0 Å². The number of hydrogen-bond donors (Lipinski definition) is 0. The summed E-state index contributed by atoms with van der Waals surface area (Å²) in [5.41, 5.74) is 0. The molecule has 0 N–H and O–H groups in total. The van der Waals surface area contributed by atoms with Gasteiger partial charge < -0.3 is 0 Å². The monoisotopic (exact) mass is 262 g/mol. The van der Waals surface area contributed by atoms with Crippen molar-refractivity contribution in [3.8, 4) is 0 Å². The van der Waals surface area contributed by atoms with E-state index in [0.717, 1.165) is 0 Å². The molecule has 0 bridgehead atoms. The molecule has 1 heteroatoms. The Balaban J connectivity index is -0.0000000257. The van der Waals surface area contributed by atoms with Gasteiger partial charge in [-0.05, 0) is 60.8 Å². The zero-order valence-electron chi connectivity index (χ0n) is 6.55. The van der Waals surface area contributed by atoms with Crippen molar-refractivity contribution in [1.82, 2.24) is 0 Å². The van der Waals surface area contributed by atoms with Gasteiger partial charge in [0, 0.05) is 35.6 Å². The van der Waals surface area contributed by atoms with Gasteiger partial charge in [0.2, 0.25) is 0 Å². The molecule has 0 aromatic heterocycles. The van der Waals surface area contributed by atoms with E-state index in [0.29, 0.717) is 0 Å². The Morgan fingerprint density at radius 1 is 0.500 bits per heavy atom. The van der Waals surface area contributed by atoms with Crippen LogP contribution in [-0.4, -0.2) is 0 Å². The third kappa shape index (κ3) is 433. The first-order valence-corrected chi connectivity index (χ1v) is 2.45. The standard InChI is InChI=1S/3C3H5.La/c3*1-3-2;/h3*3H,1-2H2;. The van der Waals surface area contributed by atoms with E-state index in [9.17, 15) is 0 Å². The summed E-state index contributed by atoms with van der Waals surface area (Å²) in [4.78, 5) is 0. The Labute approximate surface area is 95.8 Å². The SMILES string of the molecule is [CH2][CH][CH2].[CH2][CH][CH2].[CH2][CH][CH2].[La]. The molecule has 0 fully saturated rings. The minimum atomic E-state index is 0. The molecule has 0 unspecified atom stereocenters. The molecule has 0 amide bonds. The minimum Gasteiger partial charge on any atom is -0.0499 e. The van der Waals surface area contributed by atoms with Crippen LogP contribution >= 0.6 is 0 Å². The van der Waals surface area contributed by atoms with Gasteiger partial charge in [0.05, 0.1) is 0 Å². The summed E-state index contributed by atoms with van der Waals surface area (Å²) in [5.74, 6) is 0. The second kappa shape index (κ2) is 49.0. The summed E-state index contributed by atoms with van der Waals surface area (Å²) in [7, 11) is 0. The van der Waals surface area contributed by atoms with Crippen LogP contribution in [0.3, 0.4) is 0 Å². The van der Waals surface area contributed by atoms with Gasteiger partial charge in [0.25, 0.3) is 0 Å². The largest absolute Gasteiger partial charge is 0.0499 e. The predicted octanol–water partition coefficient (Wildman–Crippen LogP) is 2.58. The second-order valence-corrected chi connectivity index (χ2v) is 0.866. The summed E-state index contributed by atoms with van der Waals surface area (Å²) in [6, 6.07) is 0. The Morgan fingerprint density at radius 2 is 0.500 bits per heavy atom. The Hall–Kier alpha value is 1.19. The van der Waals surface area contributed by atoms with Crippen molar-refractivity contribution < 1.29 is 35.6 Å². The molecule has 0 spiro atoms. The quantitative estimate of drug-likeness (QED) is 0.629. The maximum Gasteiger partial charge on any atom is 0 e. The van der Waals surface area contributed by atoms with Crippen molar-refractivity contribution in [2.24, 2.45) is 0 Å². The molecule has 0 aliphatic rings. The molecular formula is C9H15La. The van der Waals surface area contributed by atoms with Crippen LogP contribution in [0.25, 0.3) is 0 Å². The van der Waals surface area contributed by atoms with Gasteiger partial charge in [0.15, 0.2) is 0 Å². The molecule has 0 heterocycles. The molecule has 10 heavy (non-hydrogen) atoms. The Bertz CT molecular complexity index is 9.44. The zero-order valence-corrected chi connectivity index (χ0v) is 10.2. The van der Waals surface area contributed by atoms with Crippen molar-refractivity contribution in [2.45, 2.75) is 0 Å². The van der Waals surface area contributed by atoms with Gasteiger partial charge in [-0.2, -0.15) is 0 Å². The maximum absolute atomic E-state index is 3.25. The molecule has 0 aliphatic carbocycles. The number of hydrogen-bond acceptors (Lipinski definition) is 0. The number of rotatable bonds is 0. The van der Waals surface area contributed by atoms with Gasteiger partial charge in [-0.1, -0.05) is 0 Å². The normalized spacial score (nSPS) is 5.40. The van der Waals surface area contributed by atoms with Crippen molar-refractivity contribution in [1.29, 1.82) is 0 Å². The summed E-state index contributed by atoms with van der Waals surface area (Å²) < 4.78 is 0. The fourth-order valence-electron chi connectivity index (χ4n) is 0. The van der Waals surface area contributed by atoms with Crippen molar-refractivity contribution in [3.05, 3.63) is 60.8 Å². The van der Waals surface area contributed by atoms with Crippen LogP contribution in [-0.2, 0) is 0 Å². The summed E-state index contributed by atoms with van der Waals surface area (Å²) >= 11 is 0. The van der Waals surface area contributed by atoms with E-state index in [1.54, 1.807) is 0 Å². The fourth-order valence-corrected chi connectivity index (χ4v) is 0. The molecule has 0 aromatic carbocycles. The molecule has 0 aromatic rings. The predicted molar refractivity (Wildman–Crippen MR) is 45.0 cm³/mol. The van der Waals surface area contributed by atoms with Gasteiger partial charge in [-0.15, -0.1) is 0 Å². The van der Waals surface area contributed by atoms with Crippen molar-refractivity contribution in [2.75, 3.05) is 0 Å². The van der Waals surface area contributed by atoms with Crippen molar-refractivity contribution in [3.63, 3.8) is 0 Å². The topological polar surface area (TPSA) is 0 Å². The summed E-state index contributed by atoms with van der Waals surface area (Å²) in [6.07, 6.45) is 4.50. The van der Waals surface area contributed by atoms with Crippen LogP contribution < -0.4 is 0 Å². The smallest absolute Gasteiger partial charge is 0 e. The van der Waals surface area contributed by atoms with Gasteiger partial charge in [0.1, 0.15) is 0 Å². The van der Waals surface area contributed by atoms with E-state index in [4.69, 9.17) is 0 Å². The fraction of sp³-hybridized carbons (Fsp3) is 0. The molecule has 0 saturated carbocycles. The molecule has 0 saturated heterocycles. The molecule has 54 valence electrons. The molecule has 0 aliphatic heterocycles. The van der Waals surface area contributed by atoms with Crippen LogP contribution in [0.5, 0.6) is 0 Å². The first-order valence-electron chi connectivity index (χ1n) is 2.45. The minimum absolute atomic E-state index is 0. The summed E-state index contributed by atoms with van der Waals surface area (Å²) in [6.45, 7) is 19.5. The maximum atomic E-state index is 3.25. The first-order chi connectivity index (χ1) is 4.24. The van der Waals surface area contributed by atoms with Crippen LogP contribution in [0.1, 0.15) is 0 Å². The first kappa shape index (κ1) is 22.5. The molecule has 10 radical (unpaired) electrons. The Kier molecular flexibility index (Phi) is 110. The van der Waals surface area contributed by atoms with E-state index in [1.807, 2.05) is 0 Å². The zero-order chi connectivity index (χ0) is 8.12. The van der Waals surface area contributed by atoms with Crippen molar-refractivity contribution >= 4 is 0 Å². The van der Waals surface area contributed by atoms with E-state index in [2.05, 4.69) is 41.5 Å². The van der Waals surface area contributed by atoms with E-state index in [1.165, 1.54) is 19.3 Å². The second-order valence-electron chi connectivity index (χ2n) is 0.866. The average molecular weight is 262 g/mol. The molecule has 0 rings (SSSR count). The van der Waals surface area contributed by atoms with E-state index in [-0.39, 0.29) is 35.6 Å².